The van der Waals surface area contributed by atoms with E-state index in [2.05, 4.69) is 0 Å². The van der Waals surface area contributed by atoms with Gasteiger partial charge in [0.05, 0.1) is 0 Å². The molecule has 0 unspecified atom stereocenters. The Morgan fingerprint density at radius 1 is 1.36 bits per heavy atom. The third kappa shape index (κ3) is 1.79. The van der Waals surface area contributed by atoms with E-state index in [9.17, 15) is 4.79 Å². The van der Waals surface area contributed by atoms with Gasteiger partial charge in [0.15, 0.2) is 0 Å². The molecule has 1 amide bonds. The number of hydrogen-bond acceptors (Lipinski definition) is 1. The summed E-state index contributed by atoms with van der Waals surface area (Å²) in [6.45, 7) is 2.86. The smallest absolute Gasteiger partial charge is 0.254 e. The second-order valence-corrected chi connectivity index (χ2v) is 3.69. The molecule has 0 atom stereocenters. The molecule has 0 aromatic heterocycles. The third-order valence-electron chi connectivity index (χ3n) is 2.61. The fourth-order valence-electron chi connectivity index (χ4n) is 1.70. The number of carbonyl (C=O) groups excluding carboxylic acids is 1. The van der Waals surface area contributed by atoms with Crippen molar-refractivity contribution in [2.24, 2.45) is 0 Å². The summed E-state index contributed by atoms with van der Waals surface area (Å²) < 4.78 is 0. The largest absolute Gasteiger partial charge is 0.336 e. The lowest BCUT2D eigenvalue weighted by molar-refractivity contribution is 0.0752. The van der Waals surface area contributed by atoms with Gasteiger partial charge in [-0.25, -0.2) is 0 Å². The molecule has 1 aromatic carbocycles. The maximum absolute atomic E-state index is 12.0. The highest BCUT2D eigenvalue weighted by molar-refractivity contribution is 5.94. The van der Waals surface area contributed by atoms with Crippen molar-refractivity contribution < 1.29 is 4.79 Å². The van der Waals surface area contributed by atoms with E-state index >= 15 is 0 Å². The van der Waals surface area contributed by atoms with Crippen LogP contribution in [0.5, 0.6) is 0 Å². The molecule has 1 aliphatic rings. The van der Waals surface area contributed by atoms with Gasteiger partial charge in [0.25, 0.3) is 5.91 Å². The molecule has 0 N–H and O–H groups in total. The van der Waals surface area contributed by atoms with Crippen LogP contribution in [0.25, 0.3) is 0 Å². The van der Waals surface area contributed by atoms with Crippen LogP contribution in [0.2, 0.25) is 0 Å². The molecular formula is C12H15NO. The van der Waals surface area contributed by atoms with E-state index in [1.807, 2.05) is 42.2 Å². The first-order valence-electron chi connectivity index (χ1n) is 5.19. The van der Waals surface area contributed by atoms with Gasteiger partial charge >= 0.3 is 0 Å². The Morgan fingerprint density at radius 2 is 2.00 bits per heavy atom. The summed E-state index contributed by atoms with van der Waals surface area (Å²) in [5.41, 5.74) is 0.807. The van der Waals surface area contributed by atoms with Crippen molar-refractivity contribution in [1.29, 1.82) is 0 Å². The van der Waals surface area contributed by atoms with E-state index in [0.29, 0.717) is 6.04 Å². The van der Waals surface area contributed by atoms with Crippen LogP contribution in [0.4, 0.5) is 0 Å². The van der Waals surface area contributed by atoms with Crippen molar-refractivity contribution in [1.82, 2.24) is 4.90 Å². The summed E-state index contributed by atoms with van der Waals surface area (Å²) >= 11 is 0. The minimum Gasteiger partial charge on any atom is -0.336 e. The topological polar surface area (TPSA) is 20.3 Å². The van der Waals surface area contributed by atoms with Crippen LogP contribution in [0.1, 0.15) is 30.1 Å². The number of carbonyl (C=O) groups is 1. The summed E-state index contributed by atoms with van der Waals surface area (Å²) in [4.78, 5) is 14.0. The van der Waals surface area contributed by atoms with Gasteiger partial charge in [-0.15, -0.1) is 0 Å². The van der Waals surface area contributed by atoms with E-state index in [1.165, 1.54) is 12.8 Å². The van der Waals surface area contributed by atoms with Crippen molar-refractivity contribution in [3.8, 4) is 0 Å². The molecule has 2 heteroatoms. The first-order chi connectivity index (χ1) is 6.83. The molecule has 0 heterocycles. The lowest BCUT2D eigenvalue weighted by atomic mass is 10.2. The number of nitrogens with zero attached hydrogens (tertiary/aromatic N) is 1. The number of benzene rings is 1. The molecule has 2 rings (SSSR count). The van der Waals surface area contributed by atoms with E-state index in [1.54, 1.807) is 0 Å². The first-order valence-corrected chi connectivity index (χ1v) is 5.19. The zero-order valence-corrected chi connectivity index (χ0v) is 8.44. The zero-order chi connectivity index (χ0) is 9.97. The lowest BCUT2D eigenvalue weighted by Gasteiger charge is -2.20. The Bertz CT molecular complexity index is 316. The van der Waals surface area contributed by atoms with Crippen LogP contribution in [-0.4, -0.2) is 23.4 Å². The Morgan fingerprint density at radius 3 is 2.50 bits per heavy atom. The fourth-order valence-corrected chi connectivity index (χ4v) is 1.70. The van der Waals surface area contributed by atoms with Crippen molar-refractivity contribution >= 4 is 5.91 Å². The summed E-state index contributed by atoms with van der Waals surface area (Å²) in [7, 11) is 0. The Kier molecular flexibility index (Phi) is 2.53. The van der Waals surface area contributed by atoms with Crippen molar-refractivity contribution in [2.75, 3.05) is 6.54 Å². The normalized spacial score (nSPS) is 15.2. The maximum atomic E-state index is 12.0. The van der Waals surface area contributed by atoms with Crippen LogP contribution in [-0.2, 0) is 0 Å². The quantitative estimate of drug-likeness (QED) is 0.714. The van der Waals surface area contributed by atoms with E-state index < -0.39 is 0 Å². The van der Waals surface area contributed by atoms with Gasteiger partial charge in [-0.05, 0) is 31.9 Å². The fraction of sp³-hybridized carbons (Fsp3) is 0.417. The molecule has 1 fully saturated rings. The maximum Gasteiger partial charge on any atom is 0.254 e. The van der Waals surface area contributed by atoms with Crippen molar-refractivity contribution in [3.05, 3.63) is 35.9 Å². The van der Waals surface area contributed by atoms with Gasteiger partial charge in [0.1, 0.15) is 0 Å². The molecule has 1 aliphatic carbocycles. The van der Waals surface area contributed by atoms with Gasteiger partial charge in [-0.2, -0.15) is 0 Å². The predicted octanol–water partition coefficient (Wildman–Crippen LogP) is 2.31. The van der Waals surface area contributed by atoms with Crippen LogP contribution >= 0.6 is 0 Å². The van der Waals surface area contributed by atoms with Gasteiger partial charge in [-0.1, -0.05) is 18.2 Å². The highest BCUT2D eigenvalue weighted by Gasteiger charge is 2.31. The third-order valence-corrected chi connectivity index (χ3v) is 2.61. The monoisotopic (exact) mass is 189 g/mol. The molecule has 74 valence electrons. The summed E-state index contributed by atoms with van der Waals surface area (Å²) in [6.07, 6.45) is 2.35. The number of amides is 1. The average Bonchev–Trinajstić information content (AvgIpc) is 3.04. The van der Waals surface area contributed by atoms with Gasteiger partial charge < -0.3 is 4.90 Å². The summed E-state index contributed by atoms with van der Waals surface area (Å²) in [5, 5.41) is 0. The van der Waals surface area contributed by atoms with E-state index in [0.717, 1.165) is 12.1 Å². The second-order valence-electron chi connectivity index (χ2n) is 3.69. The first kappa shape index (κ1) is 9.25. The average molecular weight is 189 g/mol. The predicted molar refractivity (Wildman–Crippen MR) is 56.2 cm³/mol. The Hall–Kier alpha value is -1.31. The Labute approximate surface area is 84.5 Å². The number of hydrogen-bond donors (Lipinski definition) is 0. The molecule has 1 aromatic rings. The number of rotatable bonds is 3. The molecule has 14 heavy (non-hydrogen) atoms. The van der Waals surface area contributed by atoms with Crippen LogP contribution in [0.3, 0.4) is 0 Å². The van der Waals surface area contributed by atoms with Crippen molar-refractivity contribution in [3.63, 3.8) is 0 Å². The van der Waals surface area contributed by atoms with Crippen LogP contribution in [0, 0.1) is 0 Å². The molecule has 0 saturated heterocycles. The van der Waals surface area contributed by atoms with Crippen molar-refractivity contribution in [2.45, 2.75) is 25.8 Å². The summed E-state index contributed by atoms with van der Waals surface area (Å²) in [5.74, 6) is 0.176. The Balaban J connectivity index is 2.14. The van der Waals surface area contributed by atoms with E-state index in [4.69, 9.17) is 0 Å². The summed E-state index contributed by atoms with van der Waals surface area (Å²) in [6, 6.07) is 10.0. The molecule has 0 spiro atoms. The molecule has 1 saturated carbocycles. The molecule has 0 bridgehead atoms. The molecule has 2 nitrogen and oxygen atoms in total. The van der Waals surface area contributed by atoms with Gasteiger partial charge in [-0.3, -0.25) is 4.79 Å². The second kappa shape index (κ2) is 3.82. The highest BCUT2D eigenvalue weighted by atomic mass is 16.2. The van der Waals surface area contributed by atoms with Gasteiger partial charge in [0.2, 0.25) is 0 Å². The molecule has 0 aliphatic heterocycles. The minimum atomic E-state index is 0.176. The standard InChI is InChI=1S/C12H15NO/c1-2-13(11-8-9-11)12(14)10-6-4-3-5-7-10/h3-7,11H,2,8-9H2,1H3. The highest BCUT2D eigenvalue weighted by Crippen LogP contribution is 2.27. The minimum absolute atomic E-state index is 0.176. The molecule has 0 radical (unpaired) electrons. The lowest BCUT2D eigenvalue weighted by Crippen LogP contribution is -2.32. The SMILES string of the molecule is CCN(C(=O)c1ccccc1)C1CC1. The molecular weight excluding hydrogens is 174 g/mol. The van der Waals surface area contributed by atoms with Gasteiger partial charge in [0, 0.05) is 18.2 Å². The van der Waals surface area contributed by atoms with Crippen LogP contribution in [0.15, 0.2) is 30.3 Å². The van der Waals surface area contributed by atoms with E-state index in [-0.39, 0.29) is 5.91 Å². The van der Waals surface area contributed by atoms with Crippen LogP contribution < -0.4 is 0 Å². The zero-order valence-electron chi connectivity index (χ0n) is 8.44.